The monoisotopic (exact) mass is 556 g/mol. The number of anilines is 1. The van der Waals surface area contributed by atoms with Gasteiger partial charge in [0.1, 0.15) is 17.3 Å². The van der Waals surface area contributed by atoms with Gasteiger partial charge in [0.2, 0.25) is 0 Å². The van der Waals surface area contributed by atoms with Gasteiger partial charge in [-0.3, -0.25) is 14.5 Å². The van der Waals surface area contributed by atoms with E-state index in [4.69, 9.17) is 32.7 Å². The topological polar surface area (TPSA) is 109 Å². The number of Topliss-reactive ketones (excluding diaryl/α,β-unsaturated/α-hetero) is 1. The number of amides is 1. The standard InChI is InChI=1S/C26H18Cl2N2O6S/c1-35-15-7-8-18-19(11-15)37-26(29-18)30-21(12-3-5-14(31)6-4-12)20(23(33)25(30)34)22(32)13-9-16(27)24(36-2)17(28)10-13/h3-11,21,31-32H,1-2H3/b22-20+. The largest absolute Gasteiger partial charge is 0.508 e. The summed E-state index contributed by atoms with van der Waals surface area (Å²) < 4.78 is 11.2. The molecule has 1 fully saturated rings. The molecule has 1 aliphatic rings. The van der Waals surface area contributed by atoms with E-state index in [0.29, 0.717) is 16.8 Å². The third-order valence-corrected chi connectivity index (χ3v) is 7.50. The minimum Gasteiger partial charge on any atom is -0.508 e. The Morgan fingerprint density at radius 3 is 2.30 bits per heavy atom. The van der Waals surface area contributed by atoms with E-state index in [1.54, 1.807) is 37.4 Å². The maximum Gasteiger partial charge on any atom is 0.301 e. The number of aromatic nitrogens is 1. The molecule has 11 heteroatoms. The number of hydrogen-bond acceptors (Lipinski definition) is 8. The molecule has 1 unspecified atom stereocenters. The van der Waals surface area contributed by atoms with Crippen molar-refractivity contribution in [1.82, 2.24) is 4.98 Å². The molecule has 8 nitrogen and oxygen atoms in total. The number of nitrogens with zero attached hydrogens (tertiary/aromatic N) is 2. The van der Waals surface area contributed by atoms with Gasteiger partial charge in [-0.05, 0) is 48.0 Å². The Morgan fingerprint density at radius 2 is 1.68 bits per heavy atom. The molecule has 2 heterocycles. The fraction of sp³-hybridized carbons (Fsp3) is 0.115. The van der Waals surface area contributed by atoms with Crippen LogP contribution in [0.1, 0.15) is 17.2 Å². The first-order valence-corrected chi connectivity index (χ1v) is 12.4. The second kappa shape index (κ2) is 9.59. The van der Waals surface area contributed by atoms with E-state index in [1.807, 2.05) is 0 Å². The third kappa shape index (κ3) is 4.25. The number of methoxy groups -OCH3 is 2. The molecule has 4 aromatic rings. The Morgan fingerprint density at radius 1 is 1.00 bits per heavy atom. The van der Waals surface area contributed by atoms with Crippen LogP contribution in [0.25, 0.3) is 16.0 Å². The Labute approximate surface area is 224 Å². The average Bonchev–Trinajstić information content (AvgIpc) is 3.41. The van der Waals surface area contributed by atoms with Crippen LogP contribution in [0.5, 0.6) is 17.2 Å². The number of ether oxygens (including phenoxy) is 2. The van der Waals surface area contributed by atoms with Crippen molar-refractivity contribution < 1.29 is 29.3 Å². The number of carbonyl (C=O) groups excluding carboxylic acids is 2. The fourth-order valence-corrected chi connectivity index (χ4v) is 5.83. The predicted molar refractivity (Wildman–Crippen MR) is 142 cm³/mol. The minimum atomic E-state index is -1.04. The number of aliphatic hydroxyl groups excluding tert-OH is 1. The predicted octanol–water partition coefficient (Wildman–Crippen LogP) is 5.95. The molecular weight excluding hydrogens is 539 g/mol. The van der Waals surface area contributed by atoms with Gasteiger partial charge in [-0.1, -0.05) is 46.7 Å². The van der Waals surface area contributed by atoms with Gasteiger partial charge in [-0.2, -0.15) is 0 Å². The van der Waals surface area contributed by atoms with Gasteiger partial charge in [0.25, 0.3) is 5.78 Å². The highest BCUT2D eigenvalue weighted by Crippen LogP contribution is 2.46. The Balaban J connectivity index is 1.72. The van der Waals surface area contributed by atoms with Crippen molar-refractivity contribution in [2.24, 2.45) is 0 Å². The number of ketones is 1. The van der Waals surface area contributed by atoms with Crippen LogP contribution in [0.15, 0.2) is 60.2 Å². The first-order valence-electron chi connectivity index (χ1n) is 10.8. The van der Waals surface area contributed by atoms with E-state index in [-0.39, 0.29) is 37.8 Å². The summed E-state index contributed by atoms with van der Waals surface area (Å²) in [7, 11) is 2.95. The first-order chi connectivity index (χ1) is 17.7. The van der Waals surface area contributed by atoms with Crippen LogP contribution in [0, 0.1) is 0 Å². The molecule has 3 aromatic carbocycles. The Bertz CT molecular complexity index is 1580. The van der Waals surface area contributed by atoms with Crippen LogP contribution in [0.3, 0.4) is 0 Å². The number of carbonyl (C=O) groups is 2. The number of rotatable bonds is 5. The summed E-state index contributed by atoms with van der Waals surface area (Å²) in [6, 6.07) is 13.0. The van der Waals surface area contributed by atoms with Gasteiger partial charge < -0.3 is 19.7 Å². The van der Waals surface area contributed by atoms with Crippen molar-refractivity contribution in [1.29, 1.82) is 0 Å². The molecule has 1 aromatic heterocycles. The number of benzene rings is 3. The van der Waals surface area contributed by atoms with E-state index in [9.17, 15) is 19.8 Å². The molecule has 0 radical (unpaired) electrons. The quantitative estimate of drug-likeness (QED) is 0.177. The van der Waals surface area contributed by atoms with E-state index >= 15 is 0 Å². The van der Waals surface area contributed by atoms with Crippen molar-refractivity contribution in [3.05, 3.63) is 81.3 Å². The van der Waals surface area contributed by atoms with Gasteiger partial charge >= 0.3 is 5.91 Å². The molecule has 1 saturated heterocycles. The number of aromatic hydroxyl groups is 1. The highest BCUT2D eigenvalue weighted by molar-refractivity contribution is 7.22. The molecule has 2 N–H and O–H groups in total. The zero-order valence-corrected chi connectivity index (χ0v) is 21.7. The van der Waals surface area contributed by atoms with Crippen molar-refractivity contribution in [3.63, 3.8) is 0 Å². The van der Waals surface area contributed by atoms with E-state index in [1.165, 1.54) is 47.6 Å². The third-order valence-electron chi connectivity index (χ3n) is 5.92. The van der Waals surface area contributed by atoms with Crippen molar-refractivity contribution in [2.45, 2.75) is 6.04 Å². The summed E-state index contributed by atoms with van der Waals surface area (Å²) in [6.07, 6.45) is 0. The minimum absolute atomic E-state index is 0.00139. The zero-order valence-electron chi connectivity index (χ0n) is 19.4. The maximum absolute atomic E-state index is 13.4. The highest BCUT2D eigenvalue weighted by atomic mass is 35.5. The van der Waals surface area contributed by atoms with Gasteiger partial charge in [0.05, 0.1) is 46.1 Å². The zero-order chi connectivity index (χ0) is 26.4. The van der Waals surface area contributed by atoms with Crippen molar-refractivity contribution in [3.8, 4) is 17.2 Å². The van der Waals surface area contributed by atoms with Crippen LogP contribution in [-0.4, -0.2) is 41.1 Å². The summed E-state index contributed by atoms with van der Waals surface area (Å²) in [4.78, 5) is 32.6. The maximum atomic E-state index is 13.4. The number of halogens is 2. The van der Waals surface area contributed by atoms with E-state index in [2.05, 4.69) is 4.98 Å². The van der Waals surface area contributed by atoms with Gasteiger partial charge in [0.15, 0.2) is 10.9 Å². The van der Waals surface area contributed by atoms with Gasteiger partial charge in [0, 0.05) is 5.56 Å². The molecule has 1 aliphatic heterocycles. The molecule has 5 rings (SSSR count). The summed E-state index contributed by atoms with van der Waals surface area (Å²) in [5, 5.41) is 21.6. The number of hydrogen-bond donors (Lipinski definition) is 2. The lowest BCUT2D eigenvalue weighted by molar-refractivity contribution is -0.132. The van der Waals surface area contributed by atoms with Crippen LogP contribution >= 0.6 is 34.5 Å². The molecule has 0 aliphatic carbocycles. The molecule has 188 valence electrons. The molecule has 0 saturated carbocycles. The summed E-state index contributed by atoms with van der Waals surface area (Å²) in [5.74, 6) is -1.41. The number of phenolic OH excluding ortho intramolecular Hbond substituents is 1. The van der Waals surface area contributed by atoms with Crippen LogP contribution in [-0.2, 0) is 9.59 Å². The Kier molecular flexibility index (Phi) is 6.45. The van der Waals surface area contributed by atoms with Crippen LogP contribution in [0.4, 0.5) is 5.13 Å². The highest BCUT2D eigenvalue weighted by Gasteiger charge is 2.48. The average molecular weight is 557 g/mol. The van der Waals surface area contributed by atoms with E-state index < -0.39 is 23.5 Å². The number of thiazole rings is 1. The molecule has 1 amide bonds. The first kappa shape index (κ1) is 24.9. The number of fused-ring (bicyclic) bond motifs is 1. The number of aliphatic hydroxyl groups is 1. The second-order valence-corrected chi connectivity index (χ2v) is 9.89. The fourth-order valence-electron chi connectivity index (χ4n) is 4.17. The summed E-state index contributed by atoms with van der Waals surface area (Å²) >= 11 is 13.7. The van der Waals surface area contributed by atoms with Crippen molar-refractivity contribution in [2.75, 3.05) is 19.1 Å². The van der Waals surface area contributed by atoms with E-state index in [0.717, 1.165) is 4.70 Å². The van der Waals surface area contributed by atoms with Gasteiger partial charge in [-0.25, -0.2) is 4.98 Å². The number of phenols is 1. The summed E-state index contributed by atoms with van der Waals surface area (Å²) in [6.45, 7) is 0. The van der Waals surface area contributed by atoms with Crippen LogP contribution in [0.2, 0.25) is 10.0 Å². The second-order valence-electron chi connectivity index (χ2n) is 8.06. The lowest BCUT2D eigenvalue weighted by Gasteiger charge is -2.23. The SMILES string of the molecule is COc1ccc2nc(N3C(=O)C(=O)/C(=C(/O)c4cc(Cl)c(OC)c(Cl)c4)C3c3ccc(O)cc3)sc2c1. The normalized spacial score (nSPS) is 17.0. The molecule has 0 bridgehead atoms. The molecule has 37 heavy (non-hydrogen) atoms. The molecule has 0 spiro atoms. The molecular formula is C26H18Cl2N2O6S. The molecule has 1 atom stereocenters. The van der Waals surface area contributed by atoms with Crippen molar-refractivity contribution >= 4 is 67.3 Å². The van der Waals surface area contributed by atoms with Crippen LogP contribution < -0.4 is 14.4 Å². The lowest BCUT2D eigenvalue weighted by Crippen LogP contribution is -2.29. The smallest absolute Gasteiger partial charge is 0.301 e. The Hall–Kier alpha value is -3.79. The summed E-state index contributed by atoms with van der Waals surface area (Å²) in [5.41, 5.74) is 1.04. The lowest BCUT2D eigenvalue weighted by atomic mass is 9.95. The van der Waals surface area contributed by atoms with Gasteiger partial charge in [-0.15, -0.1) is 0 Å².